The zero-order valence-electron chi connectivity index (χ0n) is 17.7. The van der Waals surface area contributed by atoms with Gasteiger partial charge in [0, 0.05) is 22.2 Å². The molecule has 0 bridgehead atoms. The van der Waals surface area contributed by atoms with Crippen molar-refractivity contribution >= 4 is 57.2 Å². The normalized spacial score (nSPS) is 10.8. The van der Waals surface area contributed by atoms with Crippen LogP contribution < -0.4 is 20.2 Å². The third kappa shape index (κ3) is 7.69. The molecule has 0 spiro atoms. The molecular weight excluding hydrogens is 521 g/mol. The monoisotopic (exact) mass is 543 g/mol. The summed E-state index contributed by atoms with van der Waals surface area (Å²) in [5.74, 6) is -0.624. The minimum Gasteiger partial charge on any atom is -0.490 e. The average Bonchev–Trinajstić information content (AvgIpc) is 2.75. The molecule has 2 aromatic rings. The van der Waals surface area contributed by atoms with Crippen LogP contribution in [0.1, 0.15) is 37.8 Å². The molecule has 2 amide bonds. The third-order valence-corrected chi connectivity index (χ3v) is 5.45. The topological polar surface area (TPSA) is 89.0 Å². The molecule has 0 atom stereocenters. The molecule has 0 unspecified atom stereocenters. The maximum absolute atomic E-state index is 11.8. The van der Waals surface area contributed by atoms with E-state index in [9.17, 15) is 9.59 Å². The van der Waals surface area contributed by atoms with Gasteiger partial charge in [0.25, 0.3) is 0 Å². The van der Waals surface area contributed by atoms with Crippen LogP contribution in [0.15, 0.2) is 39.9 Å². The summed E-state index contributed by atoms with van der Waals surface area (Å²) >= 11 is 15.9. The highest BCUT2D eigenvalue weighted by molar-refractivity contribution is 9.10. The largest absolute Gasteiger partial charge is 0.490 e. The average molecular weight is 545 g/mol. The molecule has 0 fully saturated rings. The van der Waals surface area contributed by atoms with Crippen molar-refractivity contribution in [2.75, 3.05) is 13.2 Å². The van der Waals surface area contributed by atoms with Crippen LogP contribution in [0.3, 0.4) is 0 Å². The number of nitrogens with zero attached hydrogens (tertiary/aromatic N) is 1. The number of ether oxygens (including phenoxy) is 2. The number of hydrazone groups is 1. The summed E-state index contributed by atoms with van der Waals surface area (Å²) in [7, 11) is 0. The van der Waals surface area contributed by atoms with E-state index in [0.717, 1.165) is 12.8 Å². The zero-order valence-corrected chi connectivity index (χ0v) is 20.8. The third-order valence-electron chi connectivity index (χ3n) is 4.16. The van der Waals surface area contributed by atoms with Gasteiger partial charge in [0.2, 0.25) is 0 Å². The first kappa shape index (κ1) is 26.0. The molecule has 10 heteroatoms. The van der Waals surface area contributed by atoms with Crippen LogP contribution in [0.5, 0.6) is 11.5 Å². The van der Waals surface area contributed by atoms with Gasteiger partial charge in [-0.05, 0) is 59.1 Å². The highest BCUT2D eigenvalue weighted by Crippen LogP contribution is 2.38. The van der Waals surface area contributed by atoms with Gasteiger partial charge < -0.3 is 14.8 Å². The van der Waals surface area contributed by atoms with Gasteiger partial charge in [0.15, 0.2) is 11.5 Å². The lowest BCUT2D eigenvalue weighted by molar-refractivity contribution is -0.139. The number of benzene rings is 2. The number of rotatable bonds is 10. The van der Waals surface area contributed by atoms with Crippen LogP contribution in [0.2, 0.25) is 10.0 Å². The summed E-state index contributed by atoms with van der Waals surface area (Å²) in [6, 6.07) is 8.68. The van der Waals surface area contributed by atoms with E-state index in [1.807, 2.05) is 13.8 Å². The van der Waals surface area contributed by atoms with Gasteiger partial charge in [0.05, 0.1) is 17.3 Å². The first-order valence-electron chi connectivity index (χ1n) is 10.0. The van der Waals surface area contributed by atoms with E-state index in [2.05, 4.69) is 31.8 Å². The van der Waals surface area contributed by atoms with Gasteiger partial charge in [-0.25, -0.2) is 5.43 Å². The number of halogens is 3. The summed E-state index contributed by atoms with van der Waals surface area (Å²) in [6.07, 6.45) is 3.12. The summed E-state index contributed by atoms with van der Waals surface area (Å²) in [6.45, 7) is 4.84. The van der Waals surface area contributed by atoms with Crippen LogP contribution in [-0.4, -0.2) is 31.2 Å². The Morgan fingerprint density at radius 2 is 1.84 bits per heavy atom. The minimum absolute atomic E-state index is 0.147. The first-order chi connectivity index (χ1) is 15.4. The molecule has 0 heterocycles. The van der Waals surface area contributed by atoms with Crippen LogP contribution in [-0.2, 0) is 16.2 Å². The molecular formula is C22H24BrCl2N3O4. The maximum atomic E-state index is 11.8. The molecule has 7 nitrogen and oxygen atoms in total. The lowest BCUT2D eigenvalue weighted by Crippen LogP contribution is -2.38. The molecule has 0 aliphatic heterocycles. The second kappa shape index (κ2) is 13.3. The van der Waals surface area contributed by atoms with Gasteiger partial charge in [0.1, 0.15) is 6.61 Å². The van der Waals surface area contributed by atoms with Crippen molar-refractivity contribution in [1.82, 2.24) is 10.7 Å². The first-order valence-corrected chi connectivity index (χ1v) is 11.6. The summed E-state index contributed by atoms with van der Waals surface area (Å²) in [5, 5.41) is 7.37. The molecule has 2 rings (SSSR count). The number of hydrogen-bond acceptors (Lipinski definition) is 5. The Kier molecular flexibility index (Phi) is 10.8. The maximum Gasteiger partial charge on any atom is 0.329 e. The van der Waals surface area contributed by atoms with E-state index in [1.165, 1.54) is 6.21 Å². The molecule has 0 saturated carbocycles. The van der Waals surface area contributed by atoms with E-state index in [4.69, 9.17) is 32.7 Å². The predicted octanol–water partition coefficient (Wildman–Crippen LogP) is 5.10. The van der Waals surface area contributed by atoms with Crippen LogP contribution in [0, 0.1) is 0 Å². The van der Waals surface area contributed by atoms with Crippen molar-refractivity contribution < 1.29 is 19.1 Å². The quantitative estimate of drug-likeness (QED) is 0.188. The van der Waals surface area contributed by atoms with Crippen LogP contribution >= 0.6 is 39.1 Å². The molecule has 2 N–H and O–H groups in total. The molecule has 172 valence electrons. The lowest BCUT2D eigenvalue weighted by Gasteiger charge is -2.15. The van der Waals surface area contributed by atoms with Crippen molar-refractivity contribution in [3.63, 3.8) is 0 Å². The van der Waals surface area contributed by atoms with Crippen molar-refractivity contribution in [2.45, 2.75) is 33.3 Å². The number of amides is 2. The van der Waals surface area contributed by atoms with Gasteiger partial charge in [-0.1, -0.05) is 42.6 Å². The van der Waals surface area contributed by atoms with Gasteiger partial charge in [-0.3, -0.25) is 9.59 Å². The Morgan fingerprint density at radius 1 is 1.12 bits per heavy atom. The number of carbonyl (C=O) groups excluding carboxylic acids is 2. The fourth-order valence-electron chi connectivity index (χ4n) is 2.56. The molecule has 32 heavy (non-hydrogen) atoms. The second-order valence-electron chi connectivity index (χ2n) is 6.56. The second-order valence-corrected chi connectivity index (χ2v) is 8.23. The van der Waals surface area contributed by atoms with Crippen molar-refractivity contribution in [3.8, 4) is 11.5 Å². The Bertz CT molecular complexity index is 966. The standard InChI is InChI=1S/C22H24BrCl2N3O4/c1-3-5-9-26-21(29)22(30)28-27-12-14-10-16(23)20(19(11-14)31-4-2)32-13-15-17(24)7-6-8-18(15)25/h6-8,10-12H,3-5,9,13H2,1-2H3,(H,26,29)(H,28,30)/b27-12-. The van der Waals surface area contributed by atoms with Crippen molar-refractivity contribution in [2.24, 2.45) is 5.10 Å². The number of unbranched alkanes of at least 4 members (excludes halogenated alkanes) is 1. The van der Waals surface area contributed by atoms with Gasteiger partial charge in [-0.15, -0.1) is 0 Å². The SMILES string of the molecule is CCCCNC(=O)C(=O)N/N=C\c1cc(Br)c(OCc2c(Cl)cccc2Cl)c(OCC)c1. The van der Waals surface area contributed by atoms with Gasteiger partial charge >= 0.3 is 11.8 Å². The Balaban J connectivity index is 2.10. The Labute approximate surface area is 205 Å². The van der Waals surface area contributed by atoms with E-state index in [-0.39, 0.29) is 6.61 Å². The van der Waals surface area contributed by atoms with E-state index in [1.54, 1.807) is 30.3 Å². The highest BCUT2D eigenvalue weighted by Gasteiger charge is 2.15. The minimum atomic E-state index is -0.835. The highest BCUT2D eigenvalue weighted by atomic mass is 79.9. The van der Waals surface area contributed by atoms with E-state index in [0.29, 0.717) is 50.3 Å². The number of hydrogen-bond donors (Lipinski definition) is 2. The molecule has 0 radical (unpaired) electrons. The van der Waals surface area contributed by atoms with Crippen molar-refractivity contribution in [3.05, 3.63) is 56.0 Å². The Morgan fingerprint density at radius 3 is 2.50 bits per heavy atom. The number of nitrogens with one attached hydrogen (secondary N) is 2. The smallest absolute Gasteiger partial charge is 0.329 e. The Hall–Kier alpha value is -2.29. The zero-order chi connectivity index (χ0) is 23.5. The fraction of sp³-hybridized carbons (Fsp3) is 0.318. The summed E-state index contributed by atoms with van der Waals surface area (Å²) in [4.78, 5) is 23.5. The molecule has 2 aromatic carbocycles. The van der Waals surface area contributed by atoms with E-state index < -0.39 is 11.8 Å². The fourth-order valence-corrected chi connectivity index (χ4v) is 3.64. The van der Waals surface area contributed by atoms with Crippen LogP contribution in [0.4, 0.5) is 0 Å². The molecule has 0 aromatic heterocycles. The summed E-state index contributed by atoms with van der Waals surface area (Å²) in [5.41, 5.74) is 3.49. The predicted molar refractivity (Wildman–Crippen MR) is 130 cm³/mol. The molecule has 0 saturated heterocycles. The lowest BCUT2D eigenvalue weighted by atomic mass is 10.2. The summed E-state index contributed by atoms with van der Waals surface area (Å²) < 4.78 is 12.2. The molecule has 0 aliphatic carbocycles. The van der Waals surface area contributed by atoms with Crippen molar-refractivity contribution in [1.29, 1.82) is 0 Å². The van der Waals surface area contributed by atoms with E-state index >= 15 is 0 Å². The van der Waals surface area contributed by atoms with Crippen LogP contribution in [0.25, 0.3) is 0 Å². The molecule has 0 aliphatic rings. The van der Waals surface area contributed by atoms with Gasteiger partial charge in [-0.2, -0.15) is 5.10 Å². The number of carbonyl (C=O) groups is 2.